The maximum Gasteiger partial charge on any atom is 0.295 e. The molecule has 8 heteroatoms. The number of likely N-dealkylation sites (tertiary alicyclic amines) is 1. The maximum atomic E-state index is 13.3. The van der Waals surface area contributed by atoms with Crippen molar-refractivity contribution in [3.63, 3.8) is 0 Å². The molecule has 1 amide bonds. The van der Waals surface area contributed by atoms with Crippen LogP contribution in [0.1, 0.15) is 35.2 Å². The number of Topliss-reactive ketones (excluding diaryl/α,β-unsaturated/α-hetero) is 1. The van der Waals surface area contributed by atoms with Crippen LogP contribution in [0.4, 0.5) is 5.69 Å². The van der Waals surface area contributed by atoms with Crippen molar-refractivity contribution in [2.75, 3.05) is 6.54 Å². The van der Waals surface area contributed by atoms with Gasteiger partial charge in [0.15, 0.2) is 0 Å². The van der Waals surface area contributed by atoms with Crippen molar-refractivity contribution in [1.82, 2.24) is 4.90 Å². The van der Waals surface area contributed by atoms with Gasteiger partial charge in [0.25, 0.3) is 17.4 Å². The van der Waals surface area contributed by atoms with Gasteiger partial charge < -0.3 is 14.7 Å². The van der Waals surface area contributed by atoms with Crippen LogP contribution in [-0.4, -0.2) is 39.3 Å². The Balaban J connectivity index is 1.60. The van der Waals surface area contributed by atoms with Gasteiger partial charge in [0.2, 0.25) is 0 Å². The number of nitrogens with zero attached hydrogens (tertiary/aromatic N) is 2. The number of nitro groups is 1. The van der Waals surface area contributed by atoms with E-state index >= 15 is 0 Å². The van der Waals surface area contributed by atoms with E-state index in [-0.39, 0.29) is 29.7 Å². The number of ketones is 1. The van der Waals surface area contributed by atoms with Crippen LogP contribution >= 0.6 is 0 Å². The molecule has 0 bridgehead atoms. The summed E-state index contributed by atoms with van der Waals surface area (Å²) in [6.07, 6.45) is 1.15. The number of nitro benzene ring substituents is 1. The van der Waals surface area contributed by atoms with E-state index in [9.17, 15) is 24.8 Å². The van der Waals surface area contributed by atoms with Crippen molar-refractivity contribution in [2.24, 2.45) is 0 Å². The average Bonchev–Trinajstić information content (AvgIpc) is 3.38. The molecule has 0 unspecified atom stereocenters. The number of carbonyl (C=O) groups excluding carboxylic acids is 2. The van der Waals surface area contributed by atoms with E-state index < -0.39 is 22.7 Å². The van der Waals surface area contributed by atoms with Crippen molar-refractivity contribution < 1.29 is 24.4 Å². The van der Waals surface area contributed by atoms with E-state index in [4.69, 9.17) is 4.74 Å². The number of fused-ring (bicyclic) bond motifs is 1. The summed E-state index contributed by atoms with van der Waals surface area (Å²) in [6.45, 7) is 2.15. The van der Waals surface area contributed by atoms with Gasteiger partial charge in [0.05, 0.1) is 16.5 Å². The van der Waals surface area contributed by atoms with Crippen LogP contribution in [-0.2, 0) is 22.4 Å². The van der Waals surface area contributed by atoms with Gasteiger partial charge in [-0.1, -0.05) is 42.5 Å². The van der Waals surface area contributed by atoms with E-state index in [0.29, 0.717) is 24.0 Å². The molecule has 5 rings (SSSR count). The highest BCUT2D eigenvalue weighted by molar-refractivity contribution is 6.46. The summed E-state index contributed by atoms with van der Waals surface area (Å²) in [4.78, 5) is 38.8. The van der Waals surface area contributed by atoms with Crippen LogP contribution in [0.3, 0.4) is 0 Å². The summed E-state index contributed by atoms with van der Waals surface area (Å²) in [5.74, 6) is -1.16. The van der Waals surface area contributed by atoms with E-state index in [1.165, 1.54) is 23.1 Å². The van der Waals surface area contributed by atoms with Gasteiger partial charge in [-0.05, 0) is 48.2 Å². The van der Waals surface area contributed by atoms with Crippen LogP contribution in [0.25, 0.3) is 5.76 Å². The fraction of sp³-hybridized carbons (Fsp3) is 0.214. The Morgan fingerprint density at radius 1 is 1.08 bits per heavy atom. The normalized spacial score (nSPS) is 20.3. The molecule has 0 aliphatic carbocycles. The largest absolute Gasteiger partial charge is 0.507 e. The minimum Gasteiger partial charge on any atom is -0.507 e. The van der Waals surface area contributed by atoms with Gasteiger partial charge >= 0.3 is 0 Å². The van der Waals surface area contributed by atoms with Crippen LogP contribution < -0.4 is 4.74 Å². The van der Waals surface area contributed by atoms with Crippen molar-refractivity contribution in [3.8, 4) is 5.75 Å². The van der Waals surface area contributed by atoms with E-state index in [1.54, 1.807) is 24.3 Å². The molecule has 8 nitrogen and oxygen atoms in total. The minimum atomic E-state index is -0.961. The molecule has 182 valence electrons. The molecule has 2 atom stereocenters. The predicted molar refractivity (Wildman–Crippen MR) is 132 cm³/mol. The van der Waals surface area contributed by atoms with Crippen molar-refractivity contribution in [3.05, 3.63) is 111 Å². The van der Waals surface area contributed by atoms with E-state index in [2.05, 4.69) is 0 Å². The monoisotopic (exact) mass is 484 g/mol. The summed E-state index contributed by atoms with van der Waals surface area (Å²) < 4.78 is 5.73. The third-order valence-corrected chi connectivity index (χ3v) is 6.59. The molecule has 1 saturated heterocycles. The van der Waals surface area contributed by atoms with Crippen LogP contribution in [0.15, 0.2) is 78.4 Å². The SMILES string of the molecule is C[C@H]1Cc2cc(C(O)=C3C(=O)C(=O)N(CCc4ccccc4)[C@@H]3c3cccc([N+](=O)[O-])c3)ccc2O1. The zero-order valence-electron chi connectivity index (χ0n) is 19.6. The number of amides is 1. The highest BCUT2D eigenvalue weighted by Gasteiger charge is 2.46. The standard InChI is InChI=1S/C28H24N2O6/c1-17-14-21-15-20(10-11-23(21)36-17)26(31)24-25(19-8-5-9-22(16-19)30(34)35)29(28(33)27(24)32)13-12-18-6-3-2-4-7-18/h2-11,15-17,25,31H,12-14H2,1H3/t17-,25+/m0/s1. The van der Waals surface area contributed by atoms with E-state index in [0.717, 1.165) is 16.9 Å². The molecular weight excluding hydrogens is 460 g/mol. The third kappa shape index (κ3) is 4.22. The second-order valence-corrected chi connectivity index (χ2v) is 9.04. The summed E-state index contributed by atoms with van der Waals surface area (Å²) >= 11 is 0. The molecule has 36 heavy (non-hydrogen) atoms. The molecule has 0 aromatic heterocycles. The van der Waals surface area contributed by atoms with Gasteiger partial charge in [-0.15, -0.1) is 0 Å². The summed E-state index contributed by atoms with van der Waals surface area (Å²) in [7, 11) is 0. The Labute approximate surface area is 207 Å². The average molecular weight is 485 g/mol. The minimum absolute atomic E-state index is 0.00540. The van der Waals surface area contributed by atoms with Gasteiger partial charge in [-0.25, -0.2) is 0 Å². The van der Waals surface area contributed by atoms with Crippen LogP contribution in [0.5, 0.6) is 5.75 Å². The number of rotatable bonds is 6. The summed E-state index contributed by atoms with van der Waals surface area (Å²) in [6, 6.07) is 19.5. The third-order valence-electron chi connectivity index (χ3n) is 6.59. The number of hydrogen-bond donors (Lipinski definition) is 1. The second kappa shape index (κ2) is 9.30. The predicted octanol–water partition coefficient (Wildman–Crippen LogP) is 4.58. The zero-order valence-corrected chi connectivity index (χ0v) is 19.6. The van der Waals surface area contributed by atoms with Gasteiger partial charge in [-0.3, -0.25) is 19.7 Å². The molecule has 1 fully saturated rings. The highest BCUT2D eigenvalue weighted by Crippen LogP contribution is 2.41. The number of non-ortho nitro benzene ring substituents is 1. The van der Waals surface area contributed by atoms with Crippen molar-refractivity contribution in [1.29, 1.82) is 0 Å². The highest BCUT2D eigenvalue weighted by atomic mass is 16.6. The number of aliphatic hydroxyl groups is 1. The number of aliphatic hydroxyl groups excluding tert-OH is 1. The fourth-order valence-corrected chi connectivity index (χ4v) is 4.88. The van der Waals surface area contributed by atoms with E-state index in [1.807, 2.05) is 37.3 Å². The molecule has 0 radical (unpaired) electrons. The quantitative estimate of drug-likeness (QED) is 0.180. The molecule has 2 aliphatic heterocycles. The lowest BCUT2D eigenvalue weighted by atomic mass is 9.94. The number of carbonyl (C=O) groups is 2. The molecular formula is C28H24N2O6. The lowest BCUT2D eigenvalue weighted by molar-refractivity contribution is -0.384. The molecule has 2 heterocycles. The lowest BCUT2D eigenvalue weighted by Crippen LogP contribution is -2.31. The topological polar surface area (TPSA) is 110 Å². The molecule has 3 aromatic carbocycles. The molecule has 3 aromatic rings. The smallest absolute Gasteiger partial charge is 0.295 e. The second-order valence-electron chi connectivity index (χ2n) is 9.04. The van der Waals surface area contributed by atoms with Gasteiger partial charge in [0.1, 0.15) is 17.6 Å². The molecule has 2 aliphatic rings. The molecule has 0 spiro atoms. The van der Waals surface area contributed by atoms with Gasteiger partial charge in [-0.2, -0.15) is 0 Å². The first-order chi connectivity index (χ1) is 17.3. The summed E-state index contributed by atoms with van der Waals surface area (Å²) in [5, 5.41) is 22.8. The Hall–Kier alpha value is -4.46. The zero-order chi connectivity index (χ0) is 25.4. The van der Waals surface area contributed by atoms with Gasteiger partial charge in [0, 0.05) is 30.7 Å². The number of hydrogen-bond acceptors (Lipinski definition) is 6. The Morgan fingerprint density at radius 2 is 1.86 bits per heavy atom. The van der Waals surface area contributed by atoms with Crippen LogP contribution in [0.2, 0.25) is 0 Å². The van der Waals surface area contributed by atoms with Crippen LogP contribution in [0, 0.1) is 10.1 Å². The molecule has 1 N–H and O–H groups in total. The Morgan fingerprint density at radius 3 is 2.61 bits per heavy atom. The first kappa shape index (κ1) is 23.3. The number of benzene rings is 3. The van der Waals surface area contributed by atoms with Crippen molar-refractivity contribution in [2.45, 2.75) is 31.9 Å². The maximum absolute atomic E-state index is 13.3. The lowest BCUT2D eigenvalue weighted by Gasteiger charge is -2.25. The first-order valence-corrected chi connectivity index (χ1v) is 11.7. The fourth-order valence-electron chi connectivity index (χ4n) is 4.88. The van der Waals surface area contributed by atoms with Crippen molar-refractivity contribution >= 4 is 23.1 Å². The Kier molecular flexibility index (Phi) is 6.01. The summed E-state index contributed by atoms with van der Waals surface area (Å²) in [5.41, 5.74) is 2.41. The first-order valence-electron chi connectivity index (χ1n) is 11.7. The number of ether oxygens (including phenoxy) is 1. The Bertz CT molecular complexity index is 1400. The molecule has 0 saturated carbocycles.